The van der Waals surface area contributed by atoms with Crippen LogP contribution in [0.4, 0.5) is 4.39 Å². The van der Waals surface area contributed by atoms with E-state index in [9.17, 15) is 9.18 Å². The summed E-state index contributed by atoms with van der Waals surface area (Å²) in [6.07, 6.45) is 3.67. The first kappa shape index (κ1) is 17.8. The number of nitrogens with zero attached hydrogens (tertiary/aromatic N) is 1. The van der Waals surface area contributed by atoms with Crippen molar-refractivity contribution in [2.24, 2.45) is 0 Å². The summed E-state index contributed by atoms with van der Waals surface area (Å²) in [5.41, 5.74) is 3.51. The van der Waals surface area contributed by atoms with Crippen molar-refractivity contribution in [2.75, 3.05) is 0 Å². The molecule has 1 aromatic heterocycles. The molecule has 0 fully saturated rings. The molecule has 26 heavy (non-hydrogen) atoms. The highest BCUT2D eigenvalue weighted by Gasteiger charge is 2.21. The molecule has 0 saturated carbocycles. The summed E-state index contributed by atoms with van der Waals surface area (Å²) in [5.74, 6) is -0.728. The van der Waals surface area contributed by atoms with Gasteiger partial charge in [0, 0.05) is 31.3 Å². The van der Waals surface area contributed by atoms with Gasteiger partial charge in [-0.1, -0.05) is 48.5 Å². The normalized spacial score (nSPS) is 11.8. The first-order chi connectivity index (χ1) is 12.6. The Morgan fingerprint density at radius 1 is 1.08 bits per heavy atom. The second-order valence-electron chi connectivity index (χ2n) is 6.27. The monoisotopic (exact) mass is 348 g/mol. The fourth-order valence-electron chi connectivity index (χ4n) is 3.00. The summed E-state index contributed by atoms with van der Waals surface area (Å²) >= 11 is 0. The maximum atomic E-state index is 14.3. The topological polar surface area (TPSA) is 42.0 Å². The van der Waals surface area contributed by atoms with Crippen LogP contribution in [0.1, 0.15) is 34.6 Å². The Labute approximate surface area is 152 Å². The van der Waals surface area contributed by atoms with Gasteiger partial charge in [0.2, 0.25) is 5.91 Å². The zero-order valence-electron chi connectivity index (χ0n) is 14.7. The smallest absolute Gasteiger partial charge is 0.221 e. The highest BCUT2D eigenvalue weighted by atomic mass is 19.1. The molecule has 0 aliphatic heterocycles. The number of pyridine rings is 1. The van der Waals surface area contributed by atoms with Gasteiger partial charge in [-0.2, -0.15) is 0 Å². The molecule has 0 spiro atoms. The molecule has 0 radical (unpaired) electrons. The minimum Gasteiger partial charge on any atom is -0.352 e. The van der Waals surface area contributed by atoms with Crippen LogP contribution < -0.4 is 5.32 Å². The minimum atomic E-state index is -0.323. The van der Waals surface area contributed by atoms with Crippen LogP contribution in [0, 0.1) is 12.7 Å². The van der Waals surface area contributed by atoms with Crippen LogP contribution in [0.15, 0.2) is 73.1 Å². The quantitative estimate of drug-likeness (QED) is 0.719. The number of halogens is 1. The Hall–Kier alpha value is -3.01. The van der Waals surface area contributed by atoms with Crippen molar-refractivity contribution in [1.29, 1.82) is 0 Å². The number of hydrogen-bond donors (Lipinski definition) is 1. The Bertz CT molecular complexity index is 880. The highest BCUT2D eigenvalue weighted by molar-refractivity contribution is 5.77. The van der Waals surface area contributed by atoms with Gasteiger partial charge in [-0.05, 0) is 41.3 Å². The van der Waals surface area contributed by atoms with Crippen LogP contribution in [0.5, 0.6) is 0 Å². The third-order valence-corrected chi connectivity index (χ3v) is 4.48. The van der Waals surface area contributed by atoms with Gasteiger partial charge in [0.05, 0.1) is 0 Å². The minimum absolute atomic E-state index is 0.113. The molecule has 3 nitrogen and oxygen atoms in total. The van der Waals surface area contributed by atoms with E-state index in [-0.39, 0.29) is 24.1 Å². The SMILES string of the molecule is Cc1cnccc1CNC(=O)CC(c1ccccc1)c1ccccc1F. The van der Waals surface area contributed by atoms with Crippen molar-refractivity contribution >= 4 is 5.91 Å². The molecule has 0 aliphatic rings. The zero-order valence-corrected chi connectivity index (χ0v) is 14.7. The number of hydrogen-bond acceptors (Lipinski definition) is 2. The molecule has 0 bridgehead atoms. The molecule has 2 aromatic carbocycles. The standard InChI is InChI=1S/C22H21FN2O/c1-16-14-24-12-11-18(16)15-25-22(26)13-20(17-7-3-2-4-8-17)19-9-5-6-10-21(19)23/h2-12,14,20H,13,15H2,1H3,(H,25,26). The molecule has 0 saturated heterocycles. The van der Waals surface area contributed by atoms with Crippen molar-refractivity contribution in [3.05, 3.63) is 101 Å². The van der Waals surface area contributed by atoms with Crippen molar-refractivity contribution in [3.63, 3.8) is 0 Å². The maximum Gasteiger partial charge on any atom is 0.221 e. The predicted octanol–water partition coefficient (Wildman–Crippen LogP) is 4.37. The molecule has 1 atom stereocenters. The van der Waals surface area contributed by atoms with Crippen LogP contribution in [-0.4, -0.2) is 10.9 Å². The number of aryl methyl sites for hydroxylation is 1. The van der Waals surface area contributed by atoms with Gasteiger partial charge >= 0.3 is 0 Å². The summed E-state index contributed by atoms with van der Waals surface area (Å²) < 4.78 is 14.3. The largest absolute Gasteiger partial charge is 0.352 e. The van der Waals surface area contributed by atoms with Gasteiger partial charge in [-0.15, -0.1) is 0 Å². The van der Waals surface area contributed by atoms with Crippen molar-refractivity contribution in [3.8, 4) is 0 Å². The molecule has 3 rings (SSSR count). The predicted molar refractivity (Wildman–Crippen MR) is 100 cm³/mol. The molecular formula is C22H21FN2O. The van der Waals surface area contributed by atoms with Gasteiger partial charge in [0.25, 0.3) is 0 Å². The Morgan fingerprint density at radius 3 is 2.54 bits per heavy atom. The average molecular weight is 348 g/mol. The summed E-state index contributed by atoms with van der Waals surface area (Å²) in [7, 11) is 0. The second-order valence-corrected chi connectivity index (χ2v) is 6.27. The van der Waals surface area contributed by atoms with Crippen LogP contribution in [0.25, 0.3) is 0 Å². The molecule has 132 valence electrons. The van der Waals surface area contributed by atoms with Crippen molar-refractivity contribution < 1.29 is 9.18 Å². The summed E-state index contributed by atoms with van der Waals surface area (Å²) in [5, 5.41) is 2.94. The lowest BCUT2D eigenvalue weighted by molar-refractivity contribution is -0.121. The van der Waals surface area contributed by atoms with Crippen molar-refractivity contribution in [1.82, 2.24) is 10.3 Å². The summed E-state index contributed by atoms with van der Waals surface area (Å²) in [6.45, 7) is 2.40. The van der Waals surface area contributed by atoms with E-state index in [4.69, 9.17) is 0 Å². The molecular weight excluding hydrogens is 327 g/mol. The number of rotatable bonds is 6. The lowest BCUT2D eigenvalue weighted by Gasteiger charge is -2.18. The number of aromatic nitrogens is 1. The Balaban J connectivity index is 1.77. The van der Waals surface area contributed by atoms with E-state index < -0.39 is 0 Å². The summed E-state index contributed by atoms with van der Waals surface area (Å²) in [4.78, 5) is 16.6. The number of amides is 1. The Kier molecular flexibility index (Phi) is 5.74. The van der Waals surface area contributed by atoms with Crippen LogP contribution in [0.3, 0.4) is 0 Å². The molecule has 0 aliphatic carbocycles. The third-order valence-electron chi connectivity index (χ3n) is 4.48. The van der Waals surface area contributed by atoms with Crippen molar-refractivity contribution in [2.45, 2.75) is 25.8 Å². The molecule has 1 heterocycles. The fraction of sp³-hybridized carbons (Fsp3) is 0.182. The van der Waals surface area contributed by atoms with Gasteiger partial charge in [-0.3, -0.25) is 9.78 Å². The van der Waals surface area contributed by atoms with E-state index in [0.29, 0.717) is 12.1 Å². The fourth-order valence-corrected chi connectivity index (χ4v) is 3.00. The third kappa shape index (κ3) is 4.33. The van der Waals surface area contributed by atoms with Crippen LogP contribution in [-0.2, 0) is 11.3 Å². The van der Waals surface area contributed by atoms with E-state index in [1.54, 1.807) is 30.6 Å². The molecule has 1 amide bonds. The molecule has 1 N–H and O–H groups in total. The zero-order chi connectivity index (χ0) is 18.4. The highest BCUT2D eigenvalue weighted by Crippen LogP contribution is 2.29. The lowest BCUT2D eigenvalue weighted by atomic mass is 9.88. The van der Waals surface area contributed by atoms with Gasteiger partial charge in [0.15, 0.2) is 0 Å². The number of carbonyl (C=O) groups excluding carboxylic acids is 1. The summed E-state index contributed by atoms with van der Waals surface area (Å²) in [6, 6.07) is 18.1. The van der Waals surface area contributed by atoms with E-state index in [2.05, 4.69) is 10.3 Å². The first-order valence-corrected chi connectivity index (χ1v) is 8.60. The maximum absolute atomic E-state index is 14.3. The van der Waals surface area contributed by atoms with E-state index in [0.717, 1.165) is 16.7 Å². The number of nitrogens with one attached hydrogen (secondary N) is 1. The lowest BCUT2D eigenvalue weighted by Crippen LogP contribution is -2.25. The second kappa shape index (κ2) is 8.39. The van der Waals surface area contributed by atoms with Crippen LogP contribution >= 0.6 is 0 Å². The van der Waals surface area contributed by atoms with E-state index in [1.165, 1.54) is 6.07 Å². The average Bonchev–Trinajstić information content (AvgIpc) is 2.67. The molecule has 1 unspecified atom stereocenters. The molecule has 3 aromatic rings. The van der Waals surface area contributed by atoms with Crippen LogP contribution in [0.2, 0.25) is 0 Å². The number of carbonyl (C=O) groups is 1. The first-order valence-electron chi connectivity index (χ1n) is 8.60. The number of benzene rings is 2. The van der Waals surface area contributed by atoms with E-state index in [1.807, 2.05) is 43.3 Å². The van der Waals surface area contributed by atoms with Gasteiger partial charge in [0.1, 0.15) is 5.82 Å². The van der Waals surface area contributed by atoms with E-state index >= 15 is 0 Å². The Morgan fingerprint density at radius 2 is 1.81 bits per heavy atom. The molecule has 4 heteroatoms. The van der Waals surface area contributed by atoms with Gasteiger partial charge < -0.3 is 5.32 Å². The van der Waals surface area contributed by atoms with Gasteiger partial charge in [-0.25, -0.2) is 4.39 Å².